The van der Waals surface area contributed by atoms with Gasteiger partial charge in [-0.25, -0.2) is 13.1 Å². The van der Waals surface area contributed by atoms with Gasteiger partial charge in [0.05, 0.1) is 12.8 Å². The zero-order valence-electron chi connectivity index (χ0n) is 9.77. The van der Waals surface area contributed by atoms with E-state index >= 15 is 0 Å². The molecule has 0 bridgehead atoms. The molecular formula is C10H18N2O4S. The molecule has 0 aliphatic rings. The van der Waals surface area contributed by atoms with Crippen LogP contribution in [-0.2, 0) is 23.2 Å². The maximum atomic E-state index is 10.8. The highest BCUT2D eigenvalue weighted by Gasteiger charge is 2.01. The third kappa shape index (κ3) is 6.42. The number of furan rings is 1. The first-order chi connectivity index (χ1) is 8.01. The lowest BCUT2D eigenvalue weighted by Crippen LogP contribution is -2.26. The number of hydrogen-bond donors (Lipinski definition) is 3. The normalized spacial score (nSPS) is 11.9. The van der Waals surface area contributed by atoms with E-state index in [4.69, 9.17) is 9.52 Å². The lowest BCUT2D eigenvalue weighted by atomic mass is 10.4. The molecule has 0 atom stereocenters. The van der Waals surface area contributed by atoms with E-state index in [1.165, 1.54) is 0 Å². The van der Waals surface area contributed by atoms with E-state index in [1.54, 1.807) is 12.1 Å². The molecule has 0 amide bonds. The number of sulfonamides is 1. The number of rotatable bonds is 8. The standard InChI is InChI=1S/C10H18N2O4S/c1-17(14,15)12-6-2-5-11-7-9-3-4-10(8-13)16-9/h3-4,11-13H,2,5-8H2,1H3. The summed E-state index contributed by atoms with van der Waals surface area (Å²) in [6.45, 7) is 1.58. The summed E-state index contributed by atoms with van der Waals surface area (Å²) < 4.78 is 29.2. The summed E-state index contributed by atoms with van der Waals surface area (Å²) in [4.78, 5) is 0. The second-order valence-electron chi connectivity index (χ2n) is 3.72. The largest absolute Gasteiger partial charge is 0.462 e. The molecule has 1 aromatic heterocycles. The van der Waals surface area contributed by atoms with E-state index in [2.05, 4.69) is 10.0 Å². The fourth-order valence-corrected chi connectivity index (χ4v) is 1.80. The topological polar surface area (TPSA) is 91.6 Å². The summed E-state index contributed by atoms with van der Waals surface area (Å²) in [5, 5.41) is 11.9. The van der Waals surface area contributed by atoms with Crippen molar-refractivity contribution < 1.29 is 17.9 Å². The maximum Gasteiger partial charge on any atom is 0.208 e. The molecule has 0 unspecified atom stereocenters. The van der Waals surface area contributed by atoms with E-state index in [9.17, 15) is 8.42 Å². The zero-order valence-corrected chi connectivity index (χ0v) is 10.6. The van der Waals surface area contributed by atoms with Gasteiger partial charge >= 0.3 is 0 Å². The Morgan fingerprint density at radius 1 is 1.29 bits per heavy atom. The number of aliphatic hydroxyl groups excluding tert-OH is 1. The first kappa shape index (κ1) is 14.2. The van der Waals surface area contributed by atoms with Gasteiger partial charge in [0, 0.05) is 6.54 Å². The van der Waals surface area contributed by atoms with Gasteiger partial charge in [-0.15, -0.1) is 0 Å². The molecule has 0 saturated carbocycles. The van der Waals surface area contributed by atoms with Crippen LogP contribution in [0.4, 0.5) is 0 Å². The van der Waals surface area contributed by atoms with Crippen molar-refractivity contribution in [3.8, 4) is 0 Å². The SMILES string of the molecule is CS(=O)(=O)NCCCNCc1ccc(CO)o1. The van der Waals surface area contributed by atoms with Crippen molar-refractivity contribution in [2.24, 2.45) is 0 Å². The van der Waals surface area contributed by atoms with Crippen LogP contribution in [0.5, 0.6) is 0 Å². The molecule has 17 heavy (non-hydrogen) atoms. The van der Waals surface area contributed by atoms with Gasteiger partial charge in [-0.2, -0.15) is 0 Å². The third-order valence-corrected chi connectivity index (χ3v) is 2.80. The van der Waals surface area contributed by atoms with Crippen molar-refractivity contribution in [3.05, 3.63) is 23.7 Å². The predicted octanol–water partition coefficient (Wildman–Crippen LogP) is -0.199. The van der Waals surface area contributed by atoms with E-state index < -0.39 is 10.0 Å². The molecule has 1 heterocycles. The van der Waals surface area contributed by atoms with E-state index in [1.807, 2.05) is 0 Å². The van der Waals surface area contributed by atoms with Crippen molar-refractivity contribution in [2.45, 2.75) is 19.6 Å². The van der Waals surface area contributed by atoms with Crippen molar-refractivity contribution in [1.29, 1.82) is 0 Å². The number of nitrogens with one attached hydrogen (secondary N) is 2. The Kier molecular flexibility index (Phi) is 5.63. The van der Waals surface area contributed by atoms with Gasteiger partial charge in [0.2, 0.25) is 10.0 Å². The molecule has 0 aromatic carbocycles. The van der Waals surface area contributed by atoms with Crippen molar-refractivity contribution >= 4 is 10.0 Å². The zero-order chi connectivity index (χ0) is 12.7. The smallest absolute Gasteiger partial charge is 0.208 e. The van der Waals surface area contributed by atoms with Gasteiger partial charge in [-0.3, -0.25) is 0 Å². The van der Waals surface area contributed by atoms with Crippen LogP contribution in [-0.4, -0.2) is 32.9 Å². The first-order valence-electron chi connectivity index (χ1n) is 5.35. The van der Waals surface area contributed by atoms with E-state index in [0.717, 1.165) is 12.0 Å². The lowest BCUT2D eigenvalue weighted by Gasteiger charge is -2.03. The molecule has 98 valence electrons. The Balaban J connectivity index is 2.08. The highest BCUT2D eigenvalue weighted by molar-refractivity contribution is 7.88. The Morgan fingerprint density at radius 2 is 2.00 bits per heavy atom. The Bertz CT molecular complexity index is 427. The molecule has 0 spiro atoms. The summed E-state index contributed by atoms with van der Waals surface area (Å²) >= 11 is 0. The van der Waals surface area contributed by atoms with E-state index in [0.29, 0.717) is 31.8 Å². The molecule has 3 N–H and O–H groups in total. The van der Waals surface area contributed by atoms with Crippen LogP contribution in [0.3, 0.4) is 0 Å². The molecule has 0 aliphatic heterocycles. The van der Waals surface area contributed by atoms with Gasteiger partial charge in [0.15, 0.2) is 0 Å². The highest BCUT2D eigenvalue weighted by atomic mass is 32.2. The molecule has 0 fully saturated rings. The van der Waals surface area contributed by atoms with Crippen molar-refractivity contribution in [1.82, 2.24) is 10.0 Å². The number of hydrogen-bond acceptors (Lipinski definition) is 5. The second-order valence-corrected chi connectivity index (χ2v) is 5.56. The summed E-state index contributed by atoms with van der Waals surface area (Å²) in [5.41, 5.74) is 0. The molecule has 1 aromatic rings. The van der Waals surface area contributed by atoms with E-state index in [-0.39, 0.29) is 6.61 Å². The average molecular weight is 262 g/mol. The van der Waals surface area contributed by atoms with Crippen molar-refractivity contribution in [3.63, 3.8) is 0 Å². The van der Waals surface area contributed by atoms with Crippen LogP contribution in [0.2, 0.25) is 0 Å². The summed E-state index contributed by atoms with van der Waals surface area (Å²) in [6.07, 6.45) is 1.85. The average Bonchev–Trinajstić information content (AvgIpc) is 2.69. The van der Waals surface area contributed by atoms with Crippen LogP contribution < -0.4 is 10.0 Å². The highest BCUT2D eigenvalue weighted by Crippen LogP contribution is 2.06. The van der Waals surface area contributed by atoms with Gasteiger partial charge in [0.1, 0.15) is 18.1 Å². The van der Waals surface area contributed by atoms with Crippen LogP contribution in [0.25, 0.3) is 0 Å². The summed E-state index contributed by atoms with van der Waals surface area (Å²) in [7, 11) is -3.09. The molecular weight excluding hydrogens is 244 g/mol. The molecule has 0 saturated heterocycles. The Morgan fingerprint density at radius 3 is 2.59 bits per heavy atom. The first-order valence-corrected chi connectivity index (χ1v) is 7.24. The van der Waals surface area contributed by atoms with Crippen molar-refractivity contribution in [2.75, 3.05) is 19.3 Å². The monoisotopic (exact) mass is 262 g/mol. The predicted molar refractivity (Wildman–Crippen MR) is 63.8 cm³/mol. The second kappa shape index (κ2) is 6.75. The van der Waals surface area contributed by atoms with Gasteiger partial charge in [-0.05, 0) is 25.1 Å². The molecule has 7 heteroatoms. The maximum absolute atomic E-state index is 10.8. The lowest BCUT2D eigenvalue weighted by molar-refractivity contribution is 0.243. The number of aliphatic hydroxyl groups is 1. The van der Waals surface area contributed by atoms with Gasteiger partial charge < -0.3 is 14.8 Å². The molecule has 6 nitrogen and oxygen atoms in total. The van der Waals surface area contributed by atoms with Crippen LogP contribution in [0.1, 0.15) is 17.9 Å². The van der Waals surface area contributed by atoms with Crippen LogP contribution >= 0.6 is 0 Å². The Labute approximate surface area is 101 Å². The summed E-state index contributed by atoms with van der Waals surface area (Å²) in [5.74, 6) is 1.30. The molecule has 1 rings (SSSR count). The molecule has 0 aliphatic carbocycles. The fourth-order valence-electron chi connectivity index (χ4n) is 1.28. The summed E-state index contributed by atoms with van der Waals surface area (Å²) in [6, 6.07) is 3.52. The minimum absolute atomic E-state index is 0.0989. The molecule has 0 radical (unpaired) electrons. The minimum Gasteiger partial charge on any atom is -0.462 e. The van der Waals surface area contributed by atoms with Crippen LogP contribution in [0.15, 0.2) is 16.5 Å². The van der Waals surface area contributed by atoms with Gasteiger partial charge in [-0.1, -0.05) is 0 Å². The fraction of sp³-hybridized carbons (Fsp3) is 0.600. The minimum atomic E-state index is -3.09. The third-order valence-electron chi connectivity index (χ3n) is 2.07. The van der Waals surface area contributed by atoms with Gasteiger partial charge in [0.25, 0.3) is 0 Å². The van der Waals surface area contributed by atoms with Crippen LogP contribution in [0, 0.1) is 0 Å². The quantitative estimate of drug-likeness (QED) is 0.564. The Hall–Kier alpha value is -0.890.